The number of nitrogens with zero attached hydrogens (tertiary/aromatic N) is 1. The van der Waals surface area contributed by atoms with Crippen LogP contribution in [0.3, 0.4) is 0 Å². The van der Waals surface area contributed by atoms with Gasteiger partial charge in [0.1, 0.15) is 12.4 Å². The number of rotatable bonds is 3. The van der Waals surface area contributed by atoms with Crippen molar-refractivity contribution in [3.8, 4) is 0 Å². The van der Waals surface area contributed by atoms with Gasteiger partial charge in [0.05, 0.1) is 11.5 Å². The van der Waals surface area contributed by atoms with Crippen LogP contribution in [-0.2, 0) is 15.0 Å². The van der Waals surface area contributed by atoms with E-state index in [1.807, 2.05) is 49.4 Å². The SMILES string of the molecule is Cc1ccc2c(c1)C(c1ccc(F)cc1)N(C(=O)C1(c3ccc(Cl)cc3)CCCC1)CC(=O)N2. The van der Waals surface area contributed by atoms with Crippen molar-refractivity contribution >= 4 is 29.1 Å². The van der Waals surface area contributed by atoms with Crippen LogP contribution in [0.5, 0.6) is 0 Å². The molecule has 1 unspecified atom stereocenters. The van der Waals surface area contributed by atoms with Gasteiger partial charge in [-0.2, -0.15) is 0 Å². The topological polar surface area (TPSA) is 49.4 Å². The molecule has 1 aliphatic carbocycles. The number of carbonyl (C=O) groups is 2. The highest BCUT2D eigenvalue weighted by Gasteiger charge is 2.48. The summed E-state index contributed by atoms with van der Waals surface area (Å²) in [6.45, 7) is 1.90. The summed E-state index contributed by atoms with van der Waals surface area (Å²) >= 11 is 6.14. The number of amides is 2. The van der Waals surface area contributed by atoms with Crippen LogP contribution < -0.4 is 5.32 Å². The predicted molar refractivity (Wildman–Crippen MR) is 131 cm³/mol. The second-order valence-electron chi connectivity index (χ2n) is 9.32. The molecule has 5 rings (SSSR count). The van der Waals surface area contributed by atoms with E-state index in [-0.39, 0.29) is 24.2 Å². The third-order valence-corrected chi connectivity index (χ3v) is 7.36. The fourth-order valence-electron chi connectivity index (χ4n) is 5.47. The molecule has 1 N–H and O–H groups in total. The summed E-state index contributed by atoms with van der Waals surface area (Å²) in [5, 5.41) is 3.59. The minimum atomic E-state index is -0.725. The number of fused-ring (bicyclic) bond motifs is 1. The van der Waals surface area contributed by atoms with E-state index in [9.17, 15) is 14.0 Å². The quantitative estimate of drug-likeness (QED) is 0.491. The van der Waals surface area contributed by atoms with E-state index in [0.29, 0.717) is 23.6 Å². The zero-order valence-electron chi connectivity index (χ0n) is 19.0. The van der Waals surface area contributed by atoms with Crippen LogP contribution in [-0.4, -0.2) is 23.3 Å². The lowest BCUT2D eigenvalue weighted by molar-refractivity contribution is -0.141. The second-order valence-corrected chi connectivity index (χ2v) is 9.76. The van der Waals surface area contributed by atoms with Crippen molar-refractivity contribution in [1.82, 2.24) is 4.90 Å². The molecular weight excluding hydrogens is 451 g/mol. The highest BCUT2D eigenvalue weighted by molar-refractivity contribution is 6.30. The van der Waals surface area contributed by atoms with Crippen molar-refractivity contribution in [3.63, 3.8) is 0 Å². The van der Waals surface area contributed by atoms with Crippen molar-refractivity contribution in [2.45, 2.75) is 44.1 Å². The summed E-state index contributed by atoms with van der Waals surface area (Å²) in [6, 6.07) is 19.0. The van der Waals surface area contributed by atoms with Crippen LogP contribution in [0.2, 0.25) is 5.02 Å². The molecule has 3 aromatic rings. The number of hydrogen-bond acceptors (Lipinski definition) is 2. The lowest BCUT2D eigenvalue weighted by Gasteiger charge is -2.38. The molecule has 2 aliphatic rings. The van der Waals surface area contributed by atoms with Gasteiger partial charge in [-0.3, -0.25) is 9.59 Å². The monoisotopic (exact) mass is 476 g/mol. The maximum Gasteiger partial charge on any atom is 0.244 e. The number of benzene rings is 3. The van der Waals surface area contributed by atoms with Gasteiger partial charge >= 0.3 is 0 Å². The van der Waals surface area contributed by atoms with Gasteiger partial charge in [0, 0.05) is 16.3 Å². The highest BCUT2D eigenvalue weighted by Crippen LogP contribution is 2.46. The number of anilines is 1. The van der Waals surface area contributed by atoms with E-state index >= 15 is 0 Å². The zero-order chi connectivity index (χ0) is 23.9. The molecule has 174 valence electrons. The molecule has 0 aromatic heterocycles. The van der Waals surface area contributed by atoms with Crippen LogP contribution in [0.1, 0.15) is 54.0 Å². The van der Waals surface area contributed by atoms with Gasteiger partial charge in [-0.15, -0.1) is 0 Å². The number of nitrogens with one attached hydrogen (secondary N) is 1. The molecule has 0 radical (unpaired) electrons. The molecule has 2 amide bonds. The maximum absolute atomic E-state index is 14.5. The Hall–Kier alpha value is -3.18. The summed E-state index contributed by atoms with van der Waals surface area (Å²) in [5.41, 5.74) is 3.48. The van der Waals surface area contributed by atoms with Gasteiger partial charge in [-0.1, -0.05) is 66.4 Å². The highest BCUT2D eigenvalue weighted by atomic mass is 35.5. The standard InChI is InChI=1S/C28H26ClFN2O2/c1-18-4-13-24-23(16-18)26(19-5-11-22(30)12-6-19)32(17-25(33)31-24)27(34)28(14-2-3-15-28)20-7-9-21(29)10-8-20/h4-13,16,26H,2-3,14-15,17H2,1H3,(H,31,33). The van der Waals surface area contributed by atoms with Gasteiger partial charge in [-0.25, -0.2) is 4.39 Å². The first-order valence-electron chi connectivity index (χ1n) is 11.6. The van der Waals surface area contributed by atoms with E-state index in [4.69, 9.17) is 11.6 Å². The first-order chi connectivity index (χ1) is 16.4. The van der Waals surface area contributed by atoms with Gasteiger partial charge in [0.15, 0.2) is 0 Å². The smallest absolute Gasteiger partial charge is 0.244 e. The van der Waals surface area contributed by atoms with Crippen LogP contribution in [0.4, 0.5) is 10.1 Å². The summed E-state index contributed by atoms with van der Waals surface area (Å²) in [5.74, 6) is -0.666. The average molecular weight is 477 g/mol. The van der Waals surface area contributed by atoms with Crippen molar-refractivity contribution in [3.05, 3.63) is 99.8 Å². The van der Waals surface area contributed by atoms with Crippen LogP contribution in [0.15, 0.2) is 66.7 Å². The molecule has 0 saturated heterocycles. The second kappa shape index (κ2) is 8.88. The maximum atomic E-state index is 14.5. The van der Waals surface area contributed by atoms with Crippen molar-refractivity contribution in [1.29, 1.82) is 0 Å². The zero-order valence-corrected chi connectivity index (χ0v) is 19.7. The molecule has 1 saturated carbocycles. The third-order valence-electron chi connectivity index (χ3n) is 7.11. The largest absolute Gasteiger partial charge is 0.324 e. The Morgan fingerprint density at radius 3 is 2.38 bits per heavy atom. The molecule has 1 atom stereocenters. The summed E-state index contributed by atoms with van der Waals surface area (Å²) in [7, 11) is 0. The molecular formula is C28H26ClFN2O2. The lowest BCUT2D eigenvalue weighted by atomic mass is 9.76. The minimum Gasteiger partial charge on any atom is -0.324 e. The average Bonchev–Trinajstić information content (AvgIpc) is 3.27. The van der Waals surface area contributed by atoms with Gasteiger partial charge < -0.3 is 10.2 Å². The van der Waals surface area contributed by atoms with E-state index in [1.54, 1.807) is 17.0 Å². The number of carbonyl (C=O) groups excluding carboxylic acids is 2. The van der Waals surface area contributed by atoms with Gasteiger partial charge in [0.25, 0.3) is 0 Å². The van der Waals surface area contributed by atoms with E-state index in [0.717, 1.165) is 35.1 Å². The molecule has 1 aliphatic heterocycles. The third kappa shape index (κ3) is 3.98. The molecule has 1 heterocycles. The Kier molecular flexibility index (Phi) is 5.90. The Balaban J connectivity index is 1.68. The van der Waals surface area contributed by atoms with Gasteiger partial charge in [-0.05, 0) is 61.2 Å². The summed E-state index contributed by atoms with van der Waals surface area (Å²) < 4.78 is 13.8. The fraction of sp³-hybridized carbons (Fsp3) is 0.286. The van der Waals surface area contributed by atoms with Crippen molar-refractivity contribution in [2.75, 3.05) is 11.9 Å². The van der Waals surface area contributed by atoms with Crippen LogP contribution in [0, 0.1) is 12.7 Å². The van der Waals surface area contributed by atoms with E-state index in [2.05, 4.69) is 5.32 Å². The number of hydrogen-bond donors (Lipinski definition) is 1. The Morgan fingerprint density at radius 2 is 1.71 bits per heavy atom. The normalized spacial score (nSPS) is 19.3. The molecule has 3 aromatic carbocycles. The van der Waals surface area contributed by atoms with Crippen LogP contribution >= 0.6 is 11.6 Å². The van der Waals surface area contributed by atoms with Crippen molar-refractivity contribution in [2.24, 2.45) is 0 Å². The minimum absolute atomic E-state index is 0.0776. The van der Waals surface area contributed by atoms with Gasteiger partial charge in [0.2, 0.25) is 11.8 Å². The van der Waals surface area contributed by atoms with Crippen molar-refractivity contribution < 1.29 is 14.0 Å². The summed E-state index contributed by atoms with van der Waals surface area (Å²) in [6.07, 6.45) is 3.29. The van der Waals surface area contributed by atoms with Crippen LogP contribution in [0.25, 0.3) is 0 Å². The Morgan fingerprint density at radius 1 is 1.03 bits per heavy atom. The molecule has 6 heteroatoms. The Bertz CT molecular complexity index is 1230. The van der Waals surface area contributed by atoms with E-state index < -0.39 is 11.5 Å². The lowest BCUT2D eigenvalue weighted by Crippen LogP contribution is -2.49. The number of aryl methyl sites for hydroxylation is 1. The van der Waals surface area contributed by atoms with E-state index in [1.165, 1.54) is 12.1 Å². The number of halogens is 2. The first kappa shape index (κ1) is 22.6. The molecule has 4 nitrogen and oxygen atoms in total. The molecule has 0 spiro atoms. The summed E-state index contributed by atoms with van der Waals surface area (Å²) in [4.78, 5) is 29.2. The fourth-order valence-corrected chi connectivity index (χ4v) is 5.59. The molecule has 34 heavy (non-hydrogen) atoms. The molecule has 1 fully saturated rings. The predicted octanol–water partition coefficient (Wildman–Crippen LogP) is 6.17. The molecule has 0 bridgehead atoms. The Labute approximate surface area is 203 Å². The first-order valence-corrected chi connectivity index (χ1v) is 12.0.